The van der Waals surface area contributed by atoms with Gasteiger partial charge in [0.2, 0.25) is 0 Å². The number of hydrogen-bond donors (Lipinski definition) is 1. The van der Waals surface area contributed by atoms with Crippen molar-refractivity contribution in [1.82, 2.24) is 10.2 Å². The Balaban J connectivity index is 2.02. The molecular formula is C13H18BrClN2. The third kappa shape index (κ3) is 3.68. The van der Waals surface area contributed by atoms with Crippen molar-refractivity contribution in [1.29, 1.82) is 0 Å². The molecule has 1 aliphatic rings. The first-order valence-electron chi connectivity index (χ1n) is 5.97. The van der Waals surface area contributed by atoms with Crippen LogP contribution in [0.25, 0.3) is 0 Å². The lowest BCUT2D eigenvalue weighted by Crippen LogP contribution is -2.53. The molecule has 17 heavy (non-hydrogen) atoms. The molecule has 2 atom stereocenters. The molecule has 2 nitrogen and oxygen atoms in total. The Morgan fingerprint density at radius 3 is 2.59 bits per heavy atom. The van der Waals surface area contributed by atoms with Gasteiger partial charge in [0.25, 0.3) is 0 Å². The normalized spacial score (nSPS) is 26.1. The first-order chi connectivity index (χ1) is 8.04. The summed E-state index contributed by atoms with van der Waals surface area (Å²) in [5, 5.41) is 4.33. The summed E-state index contributed by atoms with van der Waals surface area (Å²) in [6.07, 6.45) is 0. The summed E-state index contributed by atoms with van der Waals surface area (Å²) in [6, 6.07) is 7.32. The van der Waals surface area contributed by atoms with Crippen LogP contribution in [-0.4, -0.2) is 30.1 Å². The fourth-order valence-corrected chi connectivity index (χ4v) is 2.92. The Bertz CT molecular complexity index is 387. The van der Waals surface area contributed by atoms with E-state index in [1.54, 1.807) is 0 Å². The summed E-state index contributed by atoms with van der Waals surface area (Å²) in [5.74, 6) is 0. The minimum absolute atomic E-state index is 0.560. The van der Waals surface area contributed by atoms with E-state index in [0.717, 1.165) is 29.1 Å². The van der Waals surface area contributed by atoms with E-state index in [4.69, 9.17) is 11.6 Å². The summed E-state index contributed by atoms with van der Waals surface area (Å²) in [7, 11) is 0. The number of nitrogens with zero attached hydrogens (tertiary/aromatic N) is 1. The van der Waals surface area contributed by atoms with Gasteiger partial charge in [0.1, 0.15) is 0 Å². The van der Waals surface area contributed by atoms with E-state index < -0.39 is 0 Å². The second-order valence-corrected chi connectivity index (χ2v) is 6.17. The van der Waals surface area contributed by atoms with Crippen molar-refractivity contribution in [2.45, 2.75) is 32.5 Å². The smallest absolute Gasteiger partial charge is 0.0551 e. The molecule has 1 aliphatic heterocycles. The molecule has 0 bridgehead atoms. The van der Waals surface area contributed by atoms with Crippen molar-refractivity contribution in [2.75, 3.05) is 13.1 Å². The number of rotatable bonds is 2. The van der Waals surface area contributed by atoms with E-state index in [1.807, 2.05) is 12.1 Å². The van der Waals surface area contributed by atoms with Crippen molar-refractivity contribution < 1.29 is 0 Å². The molecule has 1 aromatic rings. The molecule has 2 rings (SSSR count). The molecule has 0 saturated carbocycles. The van der Waals surface area contributed by atoms with Crippen molar-refractivity contribution >= 4 is 27.5 Å². The second-order valence-electron chi connectivity index (χ2n) is 4.91. The quantitative estimate of drug-likeness (QED) is 0.900. The highest BCUT2D eigenvalue weighted by Gasteiger charge is 2.20. The maximum absolute atomic E-state index is 6.11. The van der Waals surface area contributed by atoms with Crippen LogP contribution in [0.4, 0.5) is 0 Å². The molecule has 1 fully saturated rings. The number of nitrogens with one attached hydrogen (secondary N) is 1. The van der Waals surface area contributed by atoms with E-state index in [-0.39, 0.29) is 0 Å². The average Bonchev–Trinajstić information content (AvgIpc) is 2.22. The monoisotopic (exact) mass is 316 g/mol. The van der Waals surface area contributed by atoms with Crippen LogP contribution in [-0.2, 0) is 6.54 Å². The van der Waals surface area contributed by atoms with E-state index >= 15 is 0 Å². The topological polar surface area (TPSA) is 15.3 Å². The van der Waals surface area contributed by atoms with Gasteiger partial charge in [-0.1, -0.05) is 17.7 Å². The Kier molecular flexibility index (Phi) is 4.47. The van der Waals surface area contributed by atoms with Gasteiger partial charge in [-0.3, -0.25) is 4.90 Å². The van der Waals surface area contributed by atoms with E-state index in [2.05, 4.69) is 46.1 Å². The fourth-order valence-electron chi connectivity index (χ4n) is 2.47. The number of benzene rings is 1. The van der Waals surface area contributed by atoms with Crippen LogP contribution in [0.3, 0.4) is 0 Å². The van der Waals surface area contributed by atoms with E-state index in [0.29, 0.717) is 12.1 Å². The Hall–Kier alpha value is -0.0900. The van der Waals surface area contributed by atoms with Crippen LogP contribution in [0, 0.1) is 0 Å². The molecule has 0 radical (unpaired) electrons. The first kappa shape index (κ1) is 13.3. The lowest BCUT2D eigenvalue weighted by molar-refractivity contribution is 0.166. The van der Waals surface area contributed by atoms with Gasteiger partial charge < -0.3 is 5.32 Å². The Labute approximate surface area is 116 Å². The molecule has 2 unspecified atom stereocenters. The highest BCUT2D eigenvalue weighted by atomic mass is 79.9. The predicted molar refractivity (Wildman–Crippen MR) is 76.5 cm³/mol. The molecular weight excluding hydrogens is 300 g/mol. The molecule has 4 heteroatoms. The number of hydrogen-bond acceptors (Lipinski definition) is 2. The summed E-state index contributed by atoms with van der Waals surface area (Å²) >= 11 is 9.53. The van der Waals surface area contributed by atoms with Crippen LogP contribution < -0.4 is 5.32 Å². The molecule has 1 saturated heterocycles. The van der Waals surface area contributed by atoms with Gasteiger partial charge in [-0.25, -0.2) is 0 Å². The predicted octanol–water partition coefficient (Wildman–Crippen LogP) is 3.28. The molecule has 1 heterocycles. The minimum atomic E-state index is 0.560. The molecule has 94 valence electrons. The lowest BCUT2D eigenvalue weighted by atomic mass is 10.1. The van der Waals surface area contributed by atoms with E-state index in [1.165, 1.54) is 5.56 Å². The van der Waals surface area contributed by atoms with Gasteiger partial charge >= 0.3 is 0 Å². The zero-order valence-corrected chi connectivity index (χ0v) is 12.6. The molecule has 1 N–H and O–H groups in total. The van der Waals surface area contributed by atoms with Crippen molar-refractivity contribution in [2.24, 2.45) is 0 Å². The zero-order chi connectivity index (χ0) is 12.4. The van der Waals surface area contributed by atoms with Crippen molar-refractivity contribution in [3.05, 3.63) is 33.3 Å². The van der Waals surface area contributed by atoms with Gasteiger partial charge in [0.15, 0.2) is 0 Å². The third-order valence-corrected chi connectivity index (χ3v) is 4.26. The largest absolute Gasteiger partial charge is 0.309 e. The van der Waals surface area contributed by atoms with Gasteiger partial charge in [0.05, 0.1) is 5.02 Å². The molecule has 0 amide bonds. The Morgan fingerprint density at radius 1 is 1.35 bits per heavy atom. The number of halogens is 2. The Morgan fingerprint density at radius 2 is 2.00 bits per heavy atom. The zero-order valence-electron chi connectivity index (χ0n) is 10.2. The van der Waals surface area contributed by atoms with Crippen LogP contribution >= 0.6 is 27.5 Å². The molecule has 0 spiro atoms. The molecule has 0 aliphatic carbocycles. The van der Waals surface area contributed by atoms with Crippen molar-refractivity contribution in [3.63, 3.8) is 0 Å². The highest BCUT2D eigenvalue weighted by molar-refractivity contribution is 9.10. The summed E-state index contributed by atoms with van der Waals surface area (Å²) in [6.45, 7) is 7.63. The van der Waals surface area contributed by atoms with Crippen LogP contribution in [0.2, 0.25) is 5.02 Å². The van der Waals surface area contributed by atoms with Gasteiger partial charge in [-0.05, 0) is 47.5 Å². The lowest BCUT2D eigenvalue weighted by Gasteiger charge is -2.36. The second kappa shape index (κ2) is 5.70. The van der Waals surface area contributed by atoms with Gasteiger partial charge in [0, 0.05) is 36.2 Å². The summed E-state index contributed by atoms with van der Waals surface area (Å²) in [5.41, 5.74) is 1.28. The van der Waals surface area contributed by atoms with E-state index in [9.17, 15) is 0 Å². The standard InChI is InChI=1S/C13H18BrClN2/c1-9-6-17(7-10(2)16-9)8-11-3-4-12(14)13(15)5-11/h3-5,9-10,16H,6-8H2,1-2H3. The van der Waals surface area contributed by atoms with Crippen LogP contribution in [0.5, 0.6) is 0 Å². The molecule has 1 aromatic carbocycles. The fraction of sp³-hybridized carbons (Fsp3) is 0.538. The van der Waals surface area contributed by atoms with Crippen LogP contribution in [0.1, 0.15) is 19.4 Å². The summed E-state index contributed by atoms with van der Waals surface area (Å²) in [4.78, 5) is 2.48. The van der Waals surface area contributed by atoms with Gasteiger partial charge in [-0.2, -0.15) is 0 Å². The third-order valence-electron chi connectivity index (χ3n) is 3.02. The minimum Gasteiger partial charge on any atom is -0.309 e. The maximum atomic E-state index is 6.11. The van der Waals surface area contributed by atoms with Gasteiger partial charge in [-0.15, -0.1) is 0 Å². The van der Waals surface area contributed by atoms with Crippen LogP contribution in [0.15, 0.2) is 22.7 Å². The molecule has 0 aromatic heterocycles. The maximum Gasteiger partial charge on any atom is 0.0551 e. The van der Waals surface area contributed by atoms with Crippen molar-refractivity contribution in [3.8, 4) is 0 Å². The number of piperazine rings is 1. The SMILES string of the molecule is CC1CN(Cc2ccc(Br)c(Cl)c2)CC(C)N1. The highest BCUT2D eigenvalue weighted by Crippen LogP contribution is 2.24. The average molecular weight is 318 g/mol. The first-order valence-corrected chi connectivity index (χ1v) is 7.14. The summed E-state index contributed by atoms with van der Waals surface area (Å²) < 4.78 is 0.963.